The van der Waals surface area contributed by atoms with Crippen LogP contribution in [0.2, 0.25) is 0 Å². The molecule has 1 unspecified atom stereocenters. The molecule has 1 atom stereocenters. The summed E-state index contributed by atoms with van der Waals surface area (Å²) < 4.78 is 7.02. The van der Waals surface area contributed by atoms with Crippen molar-refractivity contribution in [2.45, 2.75) is 19.3 Å². The van der Waals surface area contributed by atoms with Crippen LogP contribution in [0.1, 0.15) is 23.8 Å². The smallest absolute Gasteiger partial charge is 0.326 e. The maximum atomic E-state index is 12.5. The van der Waals surface area contributed by atoms with E-state index in [4.69, 9.17) is 4.52 Å². The number of anilines is 1. The maximum Gasteiger partial charge on any atom is 0.326 e. The lowest BCUT2D eigenvalue weighted by Gasteiger charge is -2.16. The van der Waals surface area contributed by atoms with Gasteiger partial charge in [0.25, 0.3) is 0 Å². The molecule has 0 bridgehead atoms. The van der Waals surface area contributed by atoms with Crippen molar-refractivity contribution in [1.82, 2.24) is 19.7 Å². The van der Waals surface area contributed by atoms with Crippen molar-refractivity contribution in [2.75, 3.05) is 11.4 Å². The molecular formula is C21H19N5O3. The number of imidazole rings is 1. The molecule has 5 rings (SSSR count). The molecule has 0 aliphatic carbocycles. The maximum absolute atomic E-state index is 12.5. The van der Waals surface area contributed by atoms with Crippen molar-refractivity contribution in [2.24, 2.45) is 7.05 Å². The SMILES string of the molecule is Cc1ccc(N2CC(c3nc(-c4ccc5c(c4)[nH]c(=O)n5C)no3)CC2=O)cc1. The molecule has 1 fully saturated rings. The summed E-state index contributed by atoms with van der Waals surface area (Å²) in [5.74, 6) is 0.782. The molecule has 0 spiro atoms. The molecule has 1 saturated heterocycles. The van der Waals surface area contributed by atoms with E-state index in [1.165, 1.54) is 0 Å². The predicted molar refractivity (Wildman–Crippen MR) is 108 cm³/mol. The number of nitrogens with zero attached hydrogens (tertiary/aromatic N) is 4. The van der Waals surface area contributed by atoms with Gasteiger partial charge in [-0.2, -0.15) is 4.98 Å². The number of aryl methyl sites for hydroxylation is 2. The molecule has 1 N–H and O–H groups in total. The molecule has 1 aliphatic heterocycles. The molecule has 8 heteroatoms. The molecule has 1 amide bonds. The second kappa shape index (κ2) is 6.44. The van der Waals surface area contributed by atoms with Crippen LogP contribution in [0.5, 0.6) is 0 Å². The Hall–Kier alpha value is -3.68. The van der Waals surface area contributed by atoms with Crippen molar-refractivity contribution in [1.29, 1.82) is 0 Å². The number of carbonyl (C=O) groups is 1. The van der Waals surface area contributed by atoms with Gasteiger partial charge in [-0.25, -0.2) is 4.79 Å². The Labute approximate surface area is 165 Å². The van der Waals surface area contributed by atoms with E-state index < -0.39 is 0 Å². The number of aromatic nitrogens is 4. The molecule has 8 nitrogen and oxygen atoms in total. The first kappa shape index (κ1) is 17.4. The summed E-state index contributed by atoms with van der Waals surface area (Å²) in [6.45, 7) is 2.52. The van der Waals surface area contributed by atoms with Gasteiger partial charge in [0.1, 0.15) is 0 Å². The van der Waals surface area contributed by atoms with Crippen LogP contribution < -0.4 is 10.6 Å². The Morgan fingerprint density at radius 1 is 1.14 bits per heavy atom. The van der Waals surface area contributed by atoms with Gasteiger partial charge < -0.3 is 14.4 Å². The van der Waals surface area contributed by atoms with E-state index in [1.807, 2.05) is 49.4 Å². The minimum absolute atomic E-state index is 0.0434. The van der Waals surface area contributed by atoms with E-state index >= 15 is 0 Å². The Kier molecular flexibility index (Phi) is 3.87. The standard InChI is InChI=1S/C21H19N5O3/c1-12-3-6-15(7-4-12)26-11-14(10-18(26)27)20-23-19(24-29-20)13-5-8-17-16(9-13)22-21(28)25(17)2/h3-9,14H,10-11H2,1-2H3,(H,22,28). The van der Waals surface area contributed by atoms with Gasteiger partial charge in [-0.15, -0.1) is 0 Å². The van der Waals surface area contributed by atoms with Crippen LogP contribution in [0, 0.1) is 6.92 Å². The minimum atomic E-state index is -0.174. The van der Waals surface area contributed by atoms with Gasteiger partial charge in [0, 0.05) is 31.3 Å². The van der Waals surface area contributed by atoms with E-state index in [0.717, 1.165) is 22.3 Å². The minimum Gasteiger partial charge on any atom is -0.339 e. The van der Waals surface area contributed by atoms with Gasteiger partial charge in [-0.3, -0.25) is 9.36 Å². The zero-order valence-electron chi connectivity index (χ0n) is 16.0. The van der Waals surface area contributed by atoms with Crippen LogP contribution >= 0.6 is 0 Å². The monoisotopic (exact) mass is 389 g/mol. The number of amides is 1. The molecule has 1 aliphatic rings. The normalized spacial score (nSPS) is 16.8. The lowest BCUT2D eigenvalue weighted by molar-refractivity contribution is -0.117. The topological polar surface area (TPSA) is 97.0 Å². The quantitative estimate of drug-likeness (QED) is 0.581. The van der Waals surface area contributed by atoms with Crippen molar-refractivity contribution in [3.8, 4) is 11.4 Å². The van der Waals surface area contributed by atoms with Gasteiger partial charge in [0.15, 0.2) is 0 Å². The van der Waals surface area contributed by atoms with Crippen molar-refractivity contribution >= 4 is 22.6 Å². The van der Waals surface area contributed by atoms with Crippen LogP contribution in [0.3, 0.4) is 0 Å². The first-order valence-electron chi connectivity index (χ1n) is 9.39. The fourth-order valence-electron chi connectivity index (χ4n) is 3.74. The third-order valence-electron chi connectivity index (χ3n) is 5.42. The third-order valence-corrected chi connectivity index (χ3v) is 5.42. The Morgan fingerprint density at radius 3 is 2.72 bits per heavy atom. The summed E-state index contributed by atoms with van der Waals surface area (Å²) in [6, 6.07) is 13.4. The van der Waals surface area contributed by atoms with Crippen molar-refractivity contribution < 1.29 is 9.32 Å². The summed E-state index contributed by atoms with van der Waals surface area (Å²) in [4.78, 5) is 33.4. The first-order chi connectivity index (χ1) is 14.0. The fraction of sp³-hybridized carbons (Fsp3) is 0.238. The van der Waals surface area contributed by atoms with E-state index in [0.29, 0.717) is 30.2 Å². The first-order valence-corrected chi connectivity index (χ1v) is 9.39. The summed E-state index contributed by atoms with van der Waals surface area (Å²) >= 11 is 0. The van der Waals surface area contributed by atoms with Crippen LogP contribution in [-0.2, 0) is 11.8 Å². The predicted octanol–water partition coefficient (Wildman–Crippen LogP) is 2.75. The second-order valence-corrected chi connectivity index (χ2v) is 7.42. The number of rotatable bonds is 3. The van der Waals surface area contributed by atoms with E-state index in [9.17, 15) is 9.59 Å². The number of hydrogen-bond acceptors (Lipinski definition) is 5. The van der Waals surface area contributed by atoms with Crippen LogP contribution in [0.25, 0.3) is 22.4 Å². The average molecular weight is 389 g/mol. The van der Waals surface area contributed by atoms with E-state index in [2.05, 4.69) is 15.1 Å². The van der Waals surface area contributed by atoms with Crippen LogP contribution in [-0.4, -0.2) is 32.1 Å². The Morgan fingerprint density at radius 2 is 1.93 bits per heavy atom. The number of hydrogen-bond donors (Lipinski definition) is 1. The van der Waals surface area contributed by atoms with Gasteiger partial charge in [-0.1, -0.05) is 22.9 Å². The molecule has 146 valence electrons. The van der Waals surface area contributed by atoms with Gasteiger partial charge >= 0.3 is 5.69 Å². The number of fused-ring (bicyclic) bond motifs is 1. The van der Waals surface area contributed by atoms with Gasteiger partial charge in [0.05, 0.1) is 17.0 Å². The molecular weight excluding hydrogens is 370 g/mol. The van der Waals surface area contributed by atoms with E-state index in [1.54, 1.807) is 16.5 Å². The zero-order valence-corrected chi connectivity index (χ0v) is 16.0. The van der Waals surface area contributed by atoms with Crippen molar-refractivity contribution in [3.63, 3.8) is 0 Å². The highest BCUT2D eigenvalue weighted by Gasteiger charge is 2.35. The third kappa shape index (κ3) is 2.93. The molecule has 2 aromatic heterocycles. The molecule has 4 aromatic rings. The molecule has 0 radical (unpaired) electrons. The summed E-state index contributed by atoms with van der Waals surface area (Å²) in [5.41, 5.74) is 4.11. The second-order valence-electron chi connectivity index (χ2n) is 7.42. The molecule has 3 heterocycles. The number of aromatic amines is 1. The summed E-state index contributed by atoms with van der Waals surface area (Å²) in [5, 5.41) is 4.09. The lowest BCUT2D eigenvalue weighted by atomic mass is 10.1. The fourth-order valence-corrected chi connectivity index (χ4v) is 3.74. The zero-order chi connectivity index (χ0) is 20.1. The molecule has 0 saturated carbocycles. The van der Waals surface area contributed by atoms with Crippen LogP contribution in [0.15, 0.2) is 51.8 Å². The number of nitrogens with one attached hydrogen (secondary N) is 1. The lowest BCUT2D eigenvalue weighted by Crippen LogP contribution is -2.24. The summed E-state index contributed by atoms with van der Waals surface area (Å²) in [6.07, 6.45) is 0.334. The number of H-pyrrole nitrogens is 1. The molecule has 2 aromatic carbocycles. The van der Waals surface area contributed by atoms with Crippen molar-refractivity contribution in [3.05, 3.63) is 64.4 Å². The Balaban J connectivity index is 1.41. The van der Waals surface area contributed by atoms with Crippen LogP contribution in [0.4, 0.5) is 5.69 Å². The Bertz CT molecular complexity index is 1280. The highest BCUT2D eigenvalue weighted by molar-refractivity contribution is 5.96. The largest absolute Gasteiger partial charge is 0.339 e. The molecule has 29 heavy (non-hydrogen) atoms. The highest BCUT2D eigenvalue weighted by Crippen LogP contribution is 2.32. The van der Waals surface area contributed by atoms with Gasteiger partial charge in [0.2, 0.25) is 17.6 Å². The number of carbonyl (C=O) groups excluding carboxylic acids is 1. The van der Waals surface area contributed by atoms with Gasteiger partial charge in [-0.05, 0) is 37.3 Å². The average Bonchev–Trinajstić information content (AvgIpc) is 3.41. The highest BCUT2D eigenvalue weighted by atomic mass is 16.5. The summed E-state index contributed by atoms with van der Waals surface area (Å²) in [7, 11) is 1.71. The van der Waals surface area contributed by atoms with E-state index in [-0.39, 0.29) is 17.5 Å². The number of benzene rings is 2.